The smallest absolute Gasteiger partial charge is 0.315 e. The van der Waals surface area contributed by atoms with Crippen molar-refractivity contribution in [3.63, 3.8) is 0 Å². The molecule has 1 aliphatic rings. The van der Waals surface area contributed by atoms with Crippen LogP contribution >= 0.6 is 22.9 Å². The lowest BCUT2D eigenvalue weighted by atomic mass is 9.90. The molecule has 2 heterocycles. The van der Waals surface area contributed by atoms with Gasteiger partial charge in [-0.3, -0.25) is 4.79 Å². The van der Waals surface area contributed by atoms with E-state index in [-0.39, 0.29) is 6.79 Å². The molecule has 1 aromatic carbocycles. The number of aromatic nitrogens is 1. The number of fused-ring (bicyclic) bond motifs is 1. The van der Waals surface area contributed by atoms with Crippen LogP contribution in [0.15, 0.2) is 17.5 Å². The summed E-state index contributed by atoms with van der Waals surface area (Å²) < 4.78 is 10.6. The van der Waals surface area contributed by atoms with Gasteiger partial charge in [0.2, 0.25) is 6.79 Å². The number of halogens is 1. The molecule has 0 bridgehead atoms. The van der Waals surface area contributed by atoms with Gasteiger partial charge in [-0.15, -0.1) is 11.3 Å². The average Bonchev–Trinajstić information content (AvgIpc) is 3.07. The van der Waals surface area contributed by atoms with Gasteiger partial charge in [-0.05, 0) is 26.0 Å². The molecule has 0 saturated carbocycles. The summed E-state index contributed by atoms with van der Waals surface area (Å²) in [6, 6.07) is 3.54. The third kappa shape index (κ3) is 2.34. The number of carboxylic acid groups (broad SMARTS) is 1. The second-order valence-corrected chi connectivity index (χ2v) is 6.43. The molecular weight excluding hydrogens is 314 g/mol. The molecule has 0 fully saturated rings. The monoisotopic (exact) mass is 325 g/mol. The van der Waals surface area contributed by atoms with Gasteiger partial charge in [0.05, 0.1) is 10.7 Å². The highest BCUT2D eigenvalue weighted by Crippen LogP contribution is 2.43. The van der Waals surface area contributed by atoms with Crippen molar-refractivity contribution in [3.8, 4) is 22.1 Å². The van der Waals surface area contributed by atoms with E-state index in [1.54, 1.807) is 31.4 Å². The zero-order chi connectivity index (χ0) is 15.2. The van der Waals surface area contributed by atoms with E-state index < -0.39 is 11.4 Å². The van der Waals surface area contributed by atoms with Crippen molar-refractivity contribution >= 4 is 28.9 Å². The summed E-state index contributed by atoms with van der Waals surface area (Å²) in [5.41, 5.74) is 0.264. The van der Waals surface area contributed by atoms with Crippen LogP contribution in [0.4, 0.5) is 0 Å². The van der Waals surface area contributed by atoms with Gasteiger partial charge in [-0.25, -0.2) is 4.98 Å². The Labute approximate surface area is 130 Å². The summed E-state index contributed by atoms with van der Waals surface area (Å²) in [4.78, 5) is 15.7. The van der Waals surface area contributed by atoms with Crippen LogP contribution in [0.1, 0.15) is 19.5 Å². The molecule has 2 aromatic rings. The highest BCUT2D eigenvalue weighted by atomic mass is 35.5. The number of thiazole rings is 1. The summed E-state index contributed by atoms with van der Waals surface area (Å²) in [6.45, 7) is 3.40. The molecule has 1 aromatic heterocycles. The maximum absolute atomic E-state index is 11.3. The predicted molar refractivity (Wildman–Crippen MR) is 79.3 cm³/mol. The van der Waals surface area contributed by atoms with E-state index in [2.05, 4.69) is 4.98 Å². The molecule has 0 amide bonds. The van der Waals surface area contributed by atoms with Crippen molar-refractivity contribution in [2.75, 3.05) is 6.79 Å². The summed E-state index contributed by atoms with van der Waals surface area (Å²) >= 11 is 7.52. The number of carbonyl (C=O) groups is 1. The van der Waals surface area contributed by atoms with Crippen LogP contribution in [0.5, 0.6) is 11.5 Å². The van der Waals surface area contributed by atoms with Crippen molar-refractivity contribution in [2.24, 2.45) is 0 Å². The summed E-state index contributed by atoms with van der Waals surface area (Å²) in [5, 5.41) is 12.2. The second kappa shape index (κ2) is 4.89. The molecule has 0 atom stereocenters. The van der Waals surface area contributed by atoms with Crippen LogP contribution < -0.4 is 9.47 Å². The van der Waals surface area contributed by atoms with Gasteiger partial charge in [0.1, 0.15) is 10.4 Å². The van der Waals surface area contributed by atoms with Crippen LogP contribution in [0.25, 0.3) is 10.6 Å². The quantitative estimate of drug-likeness (QED) is 0.934. The Morgan fingerprint density at radius 1 is 1.43 bits per heavy atom. The van der Waals surface area contributed by atoms with Gasteiger partial charge in [-0.1, -0.05) is 11.6 Å². The van der Waals surface area contributed by atoms with Crippen LogP contribution in [0.2, 0.25) is 5.02 Å². The van der Waals surface area contributed by atoms with Gasteiger partial charge in [-0.2, -0.15) is 0 Å². The largest absolute Gasteiger partial charge is 0.481 e. The van der Waals surface area contributed by atoms with Gasteiger partial charge >= 0.3 is 5.97 Å². The lowest BCUT2D eigenvalue weighted by molar-refractivity contribution is -0.142. The summed E-state index contributed by atoms with van der Waals surface area (Å²) in [6.07, 6.45) is 0. The molecular formula is C14H12ClNO4S. The molecule has 0 radical (unpaired) electrons. The highest BCUT2D eigenvalue weighted by molar-refractivity contribution is 7.13. The van der Waals surface area contributed by atoms with E-state index in [4.69, 9.17) is 21.1 Å². The van der Waals surface area contributed by atoms with Crippen LogP contribution in [-0.2, 0) is 10.2 Å². The SMILES string of the molecule is CC(C)(C(=O)O)c1csc(-c2cc(Cl)c3c(c2)OCO3)n1. The van der Waals surface area contributed by atoms with Crippen LogP contribution in [0.3, 0.4) is 0 Å². The number of aliphatic carboxylic acids is 1. The maximum atomic E-state index is 11.3. The van der Waals surface area contributed by atoms with E-state index in [0.717, 1.165) is 5.56 Å². The molecule has 0 unspecified atom stereocenters. The Bertz CT molecular complexity index is 726. The van der Waals surface area contributed by atoms with Crippen molar-refractivity contribution in [2.45, 2.75) is 19.3 Å². The average molecular weight is 326 g/mol. The second-order valence-electron chi connectivity index (χ2n) is 5.16. The third-order valence-corrected chi connectivity index (χ3v) is 4.53. The molecule has 5 nitrogen and oxygen atoms in total. The lowest BCUT2D eigenvalue weighted by Crippen LogP contribution is -2.28. The minimum atomic E-state index is -1.03. The van der Waals surface area contributed by atoms with Crippen LogP contribution in [0, 0.1) is 0 Å². The van der Waals surface area contributed by atoms with E-state index >= 15 is 0 Å². The van der Waals surface area contributed by atoms with E-state index in [1.165, 1.54) is 11.3 Å². The zero-order valence-corrected chi connectivity index (χ0v) is 12.9. The molecule has 110 valence electrons. The predicted octanol–water partition coefficient (Wildman–Crippen LogP) is 3.55. The number of benzene rings is 1. The first-order chi connectivity index (χ1) is 9.89. The third-order valence-electron chi connectivity index (χ3n) is 3.35. The van der Waals surface area contributed by atoms with Gasteiger partial charge < -0.3 is 14.6 Å². The summed E-state index contributed by atoms with van der Waals surface area (Å²) in [5.74, 6) is 0.192. The van der Waals surface area contributed by atoms with E-state index in [0.29, 0.717) is 27.2 Å². The number of ether oxygens (including phenoxy) is 2. The highest BCUT2D eigenvalue weighted by Gasteiger charge is 2.32. The normalized spacial score (nSPS) is 13.5. The van der Waals surface area contributed by atoms with E-state index in [9.17, 15) is 9.90 Å². The molecule has 1 N–H and O–H groups in total. The van der Waals surface area contributed by atoms with Crippen molar-refractivity contribution < 1.29 is 19.4 Å². The van der Waals surface area contributed by atoms with Gasteiger partial charge in [0.15, 0.2) is 11.5 Å². The van der Waals surface area contributed by atoms with E-state index in [1.807, 2.05) is 0 Å². The van der Waals surface area contributed by atoms with Crippen molar-refractivity contribution in [3.05, 3.63) is 28.2 Å². The van der Waals surface area contributed by atoms with Crippen molar-refractivity contribution in [1.82, 2.24) is 4.98 Å². The van der Waals surface area contributed by atoms with Crippen LogP contribution in [-0.4, -0.2) is 22.9 Å². The Morgan fingerprint density at radius 2 is 2.19 bits per heavy atom. The molecule has 3 rings (SSSR count). The zero-order valence-electron chi connectivity index (χ0n) is 11.3. The molecule has 1 aliphatic heterocycles. The van der Waals surface area contributed by atoms with Gasteiger partial charge in [0, 0.05) is 10.9 Å². The fourth-order valence-corrected chi connectivity index (χ4v) is 3.13. The Kier molecular flexibility index (Phi) is 3.30. The number of carboxylic acids is 1. The molecule has 0 spiro atoms. The molecule has 21 heavy (non-hydrogen) atoms. The Morgan fingerprint density at radius 3 is 2.90 bits per heavy atom. The maximum Gasteiger partial charge on any atom is 0.315 e. The number of nitrogens with zero attached hydrogens (tertiary/aromatic N) is 1. The number of hydrogen-bond acceptors (Lipinski definition) is 5. The minimum Gasteiger partial charge on any atom is -0.481 e. The topological polar surface area (TPSA) is 68.7 Å². The first kappa shape index (κ1) is 14.2. The molecule has 0 aliphatic carbocycles. The Hall–Kier alpha value is -1.79. The van der Waals surface area contributed by atoms with Gasteiger partial charge in [0.25, 0.3) is 0 Å². The summed E-state index contributed by atoms with van der Waals surface area (Å²) in [7, 11) is 0. The van der Waals surface area contributed by atoms with Crippen molar-refractivity contribution in [1.29, 1.82) is 0 Å². The molecule has 7 heteroatoms. The first-order valence-corrected chi connectivity index (χ1v) is 7.44. The fraction of sp³-hybridized carbons (Fsp3) is 0.286. The molecule has 0 saturated heterocycles. The number of hydrogen-bond donors (Lipinski definition) is 1. The minimum absolute atomic E-state index is 0.146. The Balaban J connectivity index is 2.01. The number of rotatable bonds is 3. The first-order valence-electron chi connectivity index (χ1n) is 6.18. The standard InChI is InChI=1S/C14H12ClNO4S/c1-14(2,13(17)18)10-5-21-12(16-10)7-3-8(15)11-9(4-7)19-6-20-11/h3-5H,6H2,1-2H3,(H,17,18). The lowest BCUT2D eigenvalue weighted by Gasteiger charge is -2.15. The fourth-order valence-electron chi connectivity index (χ4n) is 1.89.